The van der Waals surface area contributed by atoms with Gasteiger partial charge in [-0.3, -0.25) is 4.79 Å². The van der Waals surface area contributed by atoms with E-state index >= 15 is 0 Å². The van der Waals surface area contributed by atoms with E-state index < -0.39 is 0 Å². The Hall–Kier alpha value is -3.21. The second-order valence-electron chi connectivity index (χ2n) is 6.23. The maximum atomic E-state index is 12.1. The fraction of sp³-hybridized carbons (Fsp3) is 0.421. The molecule has 0 spiro atoms. The van der Waals surface area contributed by atoms with Gasteiger partial charge in [0.2, 0.25) is 5.82 Å². The van der Waals surface area contributed by atoms with Crippen LogP contribution in [0.25, 0.3) is 0 Å². The second kappa shape index (κ2) is 8.94. The number of ether oxygens (including phenoxy) is 2. The molecule has 1 heterocycles. The van der Waals surface area contributed by atoms with Gasteiger partial charge in [-0.1, -0.05) is 0 Å². The zero-order valence-corrected chi connectivity index (χ0v) is 15.1. The predicted molar refractivity (Wildman–Crippen MR) is 96.3 cm³/mol. The van der Waals surface area contributed by atoms with Gasteiger partial charge in [-0.05, 0) is 44.7 Å². The highest BCUT2D eigenvalue weighted by Gasteiger charge is 2.25. The largest absolute Gasteiger partial charge is 0.492 e. The standard InChI is InChI=1S/C19H21N5O3/c1-2-26-17-11-16(6-3-13(17)12-20)27-15-7-4-14(5-8-15)23-19(25)18-21-9-10-22-24-18/h3,6,9-11,14-15H,2,4-5,7-8H2,1H3,(H,23,25)/t14-,15-. The number of benzene rings is 1. The van der Waals surface area contributed by atoms with Crippen molar-refractivity contribution >= 4 is 5.91 Å². The van der Waals surface area contributed by atoms with Gasteiger partial charge in [0.25, 0.3) is 5.91 Å². The molecule has 0 radical (unpaired) electrons. The maximum absolute atomic E-state index is 12.1. The first kappa shape index (κ1) is 18.6. The molecule has 1 fully saturated rings. The fourth-order valence-electron chi connectivity index (χ4n) is 3.06. The fourth-order valence-corrected chi connectivity index (χ4v) is 3.06. The molecule has 8 heteroatoms. The summed E-state index contributed by atoms with van der Waals surface area (Å²) in [6, 6.07) is 7.44. The Morgan fingerprint density at radius 2 is 2.11 bits per heavy atom. The minimum Gasteiger partial charge on any atom is -0.492 e. The molecule has 0 aliphatic heterocycles. The number of carbonyl (C=O) groups is 1. The number of amides is 1. The Labute approximate surface area is 157 Å². The van der Waals surface area contributed by atoms with Gasteiger partial charge in [0.1, 0.15) is 17.6 Å². The molecule has 0 bridgehead atoms. The Kier molecular flexibility index (Phi) is 6.15. The van der Waals surface area contributed by atoms with E-state index in [1.54, 1.807) is 18.2 Å². The van der Waals surface area contributed by atoms with Crippen LogP contribution in [-0.2, 0) is 0 Å². The summed E-state index contributed by atoms with van der Waals surface area (Å²) in [6.45, 7) is 2.37. The summed E-state index contributed by atoms with van der Waals surface area (Å²) in [4.78, 5) is 16.0. The molecule has 1 aromatic heterocycles. The molecule has 1 aromatic carbocycles. The number of rotatable bonds is 6. The van der Waals surface area contributed by atoms with Crippen LogP contribution in [0.4, 0.5) is 0 Å². The van der Waals surface area contributed by atoms with E-state index in [0.717, 1.165) is 25.7 Å². The van der Waals surface area contributed by atoms with Crippen molar-refractivity contribution in [2.75, 3.05) is 6.61 Å². The lowest BCUT2D eigenvalue weighted by atomic mass is 9.93. The summed E-state index contributed by atoms with van der Waals surface area (Å²) in [7, 11) is 0. The highest BCUT2D eigenvalue weighted by atomic mass is 16.5. The summed E-state index contributed by atoms with van der Waals surface area (Å²) >= 11 is 0. The lowest BCUT2D eigenvalue weighted by Crippen LogP contribution is -2.40. The number of hydrogen-bond acceptors (Lipinski definition) is 7. The number of nitriles is 1. The van der Waals surface area contributed by atoms with Crippen molar-refractivity contribution in [3.8, 4) is 17.6 Å². The van der Waals surface area contributed by atoms with Gasteiger partial charge in [0.05, 0.1) is 24.5 Å². The average Bonchev–Trinajstić information content (AvgIpc) is 2.71. The van der Waals surface area contributed by atoms with Crippen LogP contribution in [0.5, 0.6) is 11.5 Å². The second-order valence-corrected chi connectivity index (χ2v) is 6.23. The lowest BCUT2D eigenvalue weighted by Gasteiger charge is -2.29. The Morgan fingerprint density at radius 3 is 2.78 bits per heavy atom. The van der Waals surface area contributed by atoms with Gasteiger partial charge in [-0.25, -0.2) is 4.98 Å². The van der Waals surface area contributed by atoms with Crippen LogP contribution in [0.15, 0.2) is 30.6 Å². The third kappa shape index (κ3) is 4.91. The van der Waals surface area contributed by atoms with Gasteiger partial charge < -0.3 is 14.8 Å². The van der Waals surface area contributed by atoms with Crippen LogP contribution < -0.4 is 14.8 Å². The topological polar surface area (TPSA) is 110 Å². The molecule has 2 aromatic rings. The quantitative estimate of drug-likeness (QED) is 0.834. The summed E-state index contributed by atoms with van der Waals surface area (Å²) in [5.74, 6) is 1.00. The minimum absolute atomic E-state index is 0.0650. The number of aromatic nitrogens is 3. The third-order valence-corrected chi connectivity index (χ3v) is 4.37. The number of hydrogen-bond donors (Lipinski definition) is 1. The normalized spacial score (nSPS) is 19.0. The van der Waals surface area contributed by atoms with Gasteiger partial charge in [-0.2, -0.15) is 10.4 Å². The zero-order valence-electron chi connectivity index (χ0n) is 15.1. The van der Waals surface area contributed by atoms with Crippen molar-refractivity contribution in [1.29, 1.82) is 5.26 Å². The van der Waals surface area contributed by atoms with E-state index in [1.807, 2.05) is 6.92 Å². The molecule has 1 N–H and O–H groups in total. The molecule has 1 aliphatic rings. The van der Waals surface area contributed by atoms with Crippen molar-refractivity contribution in [2.45, 2.75) is 44.8 Å². The molecule has 1 aliphatic carbocycles. The Balaban J connectivity index is 1.52. The van der Waals surface area contributed by atoms with Crippen LogP contribution in [0, 0.1) is 11.3 Å². The molecule has 0 unspecified atom stereocenters. The van der Waals surface area contributed by atoms with E-state index in [1.165, 1.54) is 12.4 Å². The van der Waals surface area contributed by atoms with E-state index in [-0.39, 0.29) is 23.9 Å². The van der Waals surface area contributed by atoms with Crippen LogP contribution in [0.2, 0.25) is 0 Å². The summed E-state index contributed by atoms with van der Waals surface area (Å²) in [5, 5.41) is 19.5. The highest BCUT2D eigenvalue weighted by Crippen LogP contribution is 2.28. The Morgan fingerprint density at radius 1 is 1.30 bits per heavy atom. The number of nitrogens with one attached hydrogen (secondary N) is 1. The molecule has 3 rings (SSSR count). The van der Waals surface area contributed by atoms with E-state index in [0.29, 0.717) is 23.7 Å². The molecule has 27 heavy (non-hydrogen) atoms. The molecule has 0 saturated heterocycles. The summed E-state index contributed by atoms with van der Waals surface area (Å²) in [5.41, 5.74) is 0.494. The molecule has 8 nitrogen and oxygen atoms in total. The highest BCUT2D eigenvalue weighted by molar-refractivity contribution is 5.90. The Bertz CT molecular complexity index is 814. The van der Waals surface area contributed by atoms with Gasteiger partial charge in [0, 0.05) is 18.3 Å². The van der Waals surface area contributed by atoms with Gasteiger partial charge in [0.15, 0.2) is 0 Å². The van der Waals surface area contributed by atoms with Crippen LogP contribution in [0.1, 0.15) is 48.8 Å². The first-order valence-corrected chi connectivity index (χ1v) is 8.97. The predicted octanol–water partition coefficient (Wildman–Crippen LogP) is 2.26. The van der Waals surface area contributed by atoms with Crippen molar-refractivity contribution in [2.24, 2.45) is 0 Å². The smallest absolute Gasteiger partial charge is 0.291 e. The summed E-state index contributed by atoms with van der Waals surface area (Å²) < 4.78 is 11.5. The average molecular weight is 367 g/mol. The third-order valence-electron chi connectivity index (χ3n) is 4.37. The first-order valence-electron chi connectivity index (χ1n) is 8.97. The van der Waals surface area contributed by atoms with Crippen molar-refractivity contribution in [3.05, 3.63) is 42.0 Å². The van der Waals surface area contributed by atoms with Crippen molar-refractivity contribution in [1.82, 2.24) is 20.5 Å². The van der Waals surface area contributed by atoms with Crippen LogP contribution >= 0.6 is 0 Å². The van der Waals surface area contributed by atoms with E-state index in [4.69, 9.17) is 14.7 Å². The molecule has 140 valence electrons. The van der Waals surface area contributed by atoms with Gasteiger partial charge >= 0.3 is 0 Å². The van der Waals surface area contributed by atoms with Gasteiger partial charge in [-0.15, -0.1) is 5.10 Å². The molecular weight excluding hydrogens is 346 g/mol. The zero-order chi connectivity index (χ0) is 19.1. The number of nitrogens with zero attached hydrogens (tertiary/aromatic N) is 4. The summed E-state index contributed by atoms with van der Waals surface area (Å²) in [6.07, 6.45) is 6.21. The monoisotopic (exact) mass is 367 g/mol. The first-order chi connectivity index (χ1) is 13.2. The van der Waals surface area contributed by atoms with Crippen LogP contribution in [0.3, 0.4) is 0 Å². The van der Waals surface area contributed by atoms with E-state index in [2.05, 4.69) is 26.6 Å². The lowest BCUT2D eigenvalue weighted by molar-refractivity contribution is 0.0882. The van der Waals surface area contributed by atoms with Crippen LogP contribution in [-0.4, -0.2) is 39.8 Å². The molecule has 1 saturated carbocycles. The molecule has 1 amide bonds. The van der Waals surface area contributed by atoms with Crippen molar-refractivity contribution < 1.29 is 14.3 Å². The SMILES string of the molecule is CCOc1cc(O[C@H]2CC[C@H](NC(=O)c3nccnn3)CC2)ccc1C#N. The maximum Gasteiger partial charge on any atom is 0.291 e. The minimum atomic E-state index is -0.305. The van der Waals surface area contributed by atoms with Crippen molar-refractivity contribution in [3.63, 3.8) is 0 Å². The number of carbonyl (C=O) groups excluding carboxylic acids is 1. The molecule has 0 atom stereocenters. The van der Waals surface area contributed by atoms with E-state index in [9.17, 15) is 4.79 Å². The molecular formula is C19H21N5O3.